The first-order valence-electron chi connectivity index (χ1n) is 1.95. The molecule has 0 saturated heterocycles. The van der Waals surface area contributed by atoms with E-state index in [0.29, 0.717) is 12.3 Å². The molecule has 0 spiro atoms. The molecule has 0 amide bonds. The molecule has 0 aromatic heterocycles. The van der Waals surface area contributed by atoms with Crippen LogP contribution in [0.3, 0.4) is 0 Å². The molecule has 0 saturated carbocycles. The average molecular weight is 87.1 g/mol. The fourth-order valence-electron chi connectivity index (χ4n) is 0.343. The summed E-state index contributed by atoms with van der Waals surface area (Å²) < 4.78 is 11.8. The van der Waals surface area contributed by atoms with E-state index in [-0.39, 0.29) is 0 Å². The van der Waals surface area contributed by atoms with Crippen LogP contribution >= 0.6 is 0 Å². The Morgan fingerprint density at radius 2 is 2.50 bits per heavy atom. The number of rotatable bonds is 0. The fraction of sp³-hybridized carbons (Fsp3) is 0.750. The van der Waals surface area contributed by atoms with Crippen LogP contribution in [0.5, 0.6) is 0 Å². The molecule has 0 aliphatic carbocycles. The molecule has 1 unspecified atom stereocenters. The normalized spacial score (nSPS) is 31.7. The van der Waals surface area contributed by atoms with Crippen LogP contribution in [0.15, 0.2) is 4.99 Å². The van der Waals surface area contributed by atoms with Crippen molar-refractivity contribution in [2.75, 3.05) is 6.54 Å². The van der Waals surface area contributed by atoms with E-state index in [0.717, 1.165) is 0 Å². The Hall–Kier alpha value is -0.400. The van der Waals surface area contributed by atoms with Crippen molar-refractivity contribution in [3.8, 4) is 0 Å². The molecule has 0 fully saturated rings. The van der Waals surface area contributed by atoms with Crippen molar-refractivity contribution in [3.05, 3.63) is 0 Å². The van der Waals surface area contributed by atoms with Gasteiger partial charge in [0, 0.05) is 5.71 Å². The fourth-order valence-corrected chi connectivity index (χ4v) is 0.343. The van der Waals surface area contributed by atoms with Crippen LogP contribution < -0.4 is 0 Å². The molecule has 2 heteroatoms. The van der Waals surface area contributed by atoms with Gasteiger partial charge < -0.3 is 0 Å². The van der Waals surface area contributed by atoms with Gasteiger partial charge in [0.05, 0.1) is 6.54 Å². The lowest BCUT2D eigenvalue weighted by Gasteiger charge is -2.12. The van der Waals surface area contributed by atoms with Crippen LogP contribution in [-0.4, -0.2) is 18.4 Å². The van der Waals surface area contributed by atoms with E-state index in [1.165, 1.54) is 0 Å². The summed E-state index contributed by atoms with van der Waals surface area (Å²) >= 11 is 0. The third kappa shape index (κ3) is 0.329. The van der Waals surface area contributed by atoms with Crippen LogP contribution in [0.1, 0.15) is 6.92 Å². The van der Waals surface area contributed by atoms with Crippen molar-refractivity contribution in [1.29, 1.82) is 0 Å². The van der Waals surface area contributed by atoms with Crippen LogP contribution in [0.2, 0.25) is 0 Å². The highest BCUT2D eigenvalue weighted by atomic mass is 19.1. The largest absolute Gasteiger partial charge is 0.288 e. The highest BCUT2D eigenvalue weighted by Gasteiger charge is 2.16. The minimum atomic E-state index is -0.718. The summed E-state index contributed by atoms with van der Waals surface area (Å²) in [6.45, 7) is 2.10. The maximum Gasteiger partial charge on any atom is 0.157 e. The molecule has 1 heterocycles. The van der Waals surface area contributed by atoms with Gasteiger partial charge >= 0.3 is 0 Å². The molecule has 6 heavy (non-hydrogen) atoms. The lowest BCUT2D eigenvalue weighted by molar-refractivity contribution is 0.404. The molecule has 1 nitrogen and oxygen atoms in total. The van der Waals surface area contributed by atoms with E-state index < -0.39 is 6.17 Å². The van der Waals surface area contributed by atoms with Gasteiger partial charge in [0.1, 0.15) is 0 Å². The zero-order chi connectivity index (χ0) is 4.57. The van der Waals surface area contributed by atoms with Crippen molar-refractivity contribution >= 4 is 5.71 Å². The Morgan fingerprint density at radius 1 is 2.00 bits per heavy atom. The molecular formula is C4H6FN. The van der Waals surface area contributed by atoms with Crippen LogP contribution in [0, 0.1) is 0 Å². The average Bonchev–Trinajstić information content (AvgIpc) is 1.61. The molecule has 1 aliphatic rings. The molecule has 1 aliphatic heterocycles. The summed E-state index contributed by atoms with van der Waals surface area (Å²) in [5.41, 5.74) is 0.648. The zero-order valence-electron chi connectivity index (χ0n) is 3.61. The van der Waals surface area contributed by atoms with Gasteiger partial charge in [-0.3, -0.25) is 4.99 Å². The molecular weight excluding hydrogens is 81.0 g/mol. The Kier molecular flexibility index (Phi) is 0.650. The Labute approximate surface area is 35.9 Å². The van der Waals surface area contributed by atoms with Crippen LogP contribution in [-0.2, 0) is 0 Å². The van der Waals surface area contributed by atoms with E-state index in [4.69, 9.17) is 0 Å². The summed E-state index contributed by atoms with van der Waals surface area (Å²) in [6, 6.07) is 0. The molecule has 0 bridgehead atoms. The molecule has 34 valence electrons. The van der Waals surface area contributed by atoms with E-state index >= 15 is 0 Å². The van der Waals surface area contributed by atoms with Gasteiger partial charge in [0.2, 0.25) is 0 Å². The molecule has 1 atom stereocenters. The van der Waals surface area contributed by atoms with Crippen LogP contribution in [0.4, 0.5) is 4.39 Å². The summed E-state index contributed by atoms with van der Waals surface area (Å²) in [5.74, 6) is 0. The van der Waals surface area contributed by atoms with Gasteiger partial charge in [-0.05, 0) is 6.92 Å². The Bertz CT molecular complexity index is 87.5. The lowest BCUT2D eigenvalue weighted by Crippen LogP contribution is -2.25. The van der Waals surface area contributed by atoms with E-state index in [1.54, 1.807) is 6.92 Å². The molecule has 0 aromatic carbocycles. The smallest absolute Gasteiger partial charge is 0.157 e. The third-order valence-corrected chi connectivity index (χ3v) is 0.954. The predicted molar refractivity (Wildman–Crippen MR) is 22.9 cm³/mol. The Morgan fingerprint density at radius 3 is 2.50 bits per heavy atom. The number of alkyl halides is 1. The SMILES string of the molecule is CC1=NCC1F. The van der Waals surface area contributed by atoms with Gasteiger partial charge in [-0.15, -0.1) is 0 Å². The van der Waals surface area contributed by atoms with Gasteiger partial charge in [0.25, 0.3) is 0 Å². The summed E-state index contributed by atoms with van der Waals surface area (Å²) in [4.78, 5) is 3.69. The highest BCUT2D eigenvalue weighted by Crippen LogP contribution is 2.04. The zero-order valence-corrected chi connectivity index (χ0v) is 3.61. The molecule has 1 rings (SSSR count). The second-order valence-electron chi connectivity index (χ2n) is 1.45. The van der Waals surface area contributed by atoms with E-state index in [9.17, 15) is 4.39 Å². The third-order valence-electron chi connectivity index (χ3n) is 0.954. The second-order valence-corrected chi connectivity index (χ2v) is 1.45. The summed E-state index contributed by atoms with van der Waals surface area (Å²) in [7, 11) is 0. The number of hydrogen-bond donors (Lipinski definition) is 0. The van der Waals surface area contributed by atoms with Crippen molar-refractivity contribution in [3.63, 3.8) is 0 Å². The first-order valence-corrected chi connectivity index (χ1v) is 1.95. The summed E-state index contributed by atoms with van der Waals surface area (Å²) in [5, 5.41) is 0. The molecule has 0 radical (unpaired) electrons. The van der Waals surface area contributed by atoms with Crippen molar-refractivity contribution in [2.24, 2.45) is 4.99 Å². The number of aliphatic imine (C=N–C) groups is 1. The number of halogens is 1. The van der Waals surface area contributed by atoms with Gasteiger partial charge in [0.15, 0.2) is 6.17 Å². The molecule has 0 N–H and O–H groups in total. The quantitative estimate of drug-likeness (QED) is 0.414. The second kappa shape index (κ2) is 1.03. The van der Waals surface area contributed by atoms with Gasteiger partial charge in [-0.25, -0.2) is 4.39 Å². The topological polar surface area (TPSA) is 12.4 Å². The first kappa shape index (κ1) is 3.78. The highest BCUT2D eigenvalue weighted by molar-refractivity contribution is 5.90. The van der Waals surface area contributed by atoms with Gasteiger partial charge in [-0.1, -0.05) is 0 Å². The maximum atomic E-state index is 11.8. The summed E-state index contributed by atoms with van der Waals surface area (Å²) in [6.07, 6.45) is -0.718. The monoisotopic (exact) mass is 87.0 g/mol. The standard InChI is InChI=1S/C4H6FN/c1-3-4(5)2-6-3/h4H,2H2,1H3. The van der Waals surface area contributed by atoms with Gasteiger partial charge in [-0.2, -0.15) is 0 Å². The predicted octanol–water partition coefficient (Wildman–Crippen LogP) is 0.799. The van der Waals surface area contributed by atoms with Crippen molar-refractivity contribution < 1.29 is 4.39 Å². The van der Waals surface area contributed by atoms with E-state index in [2.05, 4.69) is 4.99 Å². The van der Waals surface area contributed by atoms with E-state index in [1.807, 2.05) is 0 Å². The van der Waals surface area contributed by atoms with Crippen LogP contribution in [0.25, 0.3) is 0 Å². The number of hydrogen-bond acceptors (Lipinski definition) is 1. The number of nitrogens with zero attached hydrogens (tertiary/aromatic N) is 1. The first-order chi connectivity index (χ1) is 2.80. The van der Waals surface area contributed by atoms with Crippen molar-refractivity contribution in [1.82, 2.24) is 0 Å². The Balaban J connectivity index is 2.51. The minimum Gasteiger partial charge on any atom is -0.288 e. The maximum absolute atomic E-state index is 11.8. The van der Waals surface area contributed by atoms with Crippen molar-refractivity contribution in [2.45, 2.75) is 13.1 Å². The molecule has 0 aromatic rings. The lowest BCUT2D eigenvalue weighted by atomic mass is 10.2. The minimum absolute atomic E-state index is 0.395.